The lowest BCUT2D eigenvalue weighted by molar-refractivity contribution is 0.103. The van der Waals surface area contributed by atoms with E-state index in [1.165, 1.54) is 25.7 Å². The summed E-state index contributed by atoms with van der Waals surface area (Å²) in [5, 5.41) is 0. The maximum absolute atomic E-state index is 12.2. The molecule has 0 bridgehead atoms. The van der Waals surface area contributed by atoms with Crippen molar-refractivity contribution in [2.75, 3.05) is 32.6 Å². The fourth-order valence-electron chi connectivity index (χ4n) is 2.87. The SMILES string of the molecule is F[B-](F)(F)CN1CCN(C2CCCC2)CC1. The molecule has 1 aliphatic heterocycles. The van der Waals surface area contributed by atoms with Gasteiger partial charge in [-0.05, 0) is 19.3 Å². The molecule has 16 heavy (non-hydrogen) atoms. The van der Waals surface area contributed by atoms with Crippen LogP contribution < -0.4 is 0 Å². The average Bonchev–Trinajstić information content (AvgIpc) is 2.69. The highest BCUT2D eigenvalue weighted by molar-refractivity contribution is 6.58. The van der Waals surface area contributed by atoms with Crippen LogP contribution >= 0.6 is 0 Å². The van der Waals surface area contributed by atoms with Gasteiger partial charge >= 0.3 is 6.98 Å². The Kier molecular flexibility index (Phi) is 3.79. The van der Waals surface area contributed by atoms with E-state index in [1.54, 1.807) is 4.90 Å². The van der Waals surface area contributed by atoms with Gasteiger partial charge in [-0.3, -0.25) is 4.90 Å². The molecule has 0 radical (unpaired) electrons. The standard InChI is InChI=1S/C10H19BF3N2/c12-11(13,14)9-15-5-7-16(8-6-15)10-3-1-2-4-10/h10H,1-9H2/q-1. The lowest BCUT2D eigenvalue weighted by atomic mass is 9.91. The van der Waals surface area contributed by atoms with Crippen molar-refractivity contribution in [3.8, 4) is 0 Å². The third kappa shape index (κ3) is 3.38. The second-order valence-corrected chi connectivity index (χ2v) is 4.99. The molecule has 0 amide bonds. The molecule has 2 aliphatic rings. The van der Waals surface area contributed by atoms with Crippen molar-refractivity contribution < 1.29 is 12.9 Å². The molecule has 1 saturated heterocycles. The van der Waals surface area contributed by atoms with Gasteiger partial charge in [0.2, 0.25) is 0 Å². The highest BCUT2D eigenvalue weighted by Crippen LogP contribution is 2.24. The van der Waals surface area contributed by atoms with Gasteiger partial charge in [0, 0.05) is 32.2 Å². The normalized spacial score (nSPS) is 26.4. The van der Waals surface area contributed by atoms with E-state index in [0.717, 1.165) is 13.1 Å². The number of nitrogens with zero attached hydrogens (tertiary/aromatic N) is 2. The molecule has 94 valence electrons. The van der Waals surface area contributed by atoms with Gasteiger partial charge in [0.15, 0.2) is 0 Å². The minimum Gasteiger partial charge on any atom is -0.448 e. The van der Waals surface area contributed by atoms with Crippen LogP contribution in [0.5, 0.6) is 0 Å². The summed E-state index contributed by atoms with van der Waals surface area (Å²) in [6.45, 7) is -1.86. The molecule has 2 rings (SSSR count). The van der Waals surface area contributed by atoms with Gasteiger partial charge in [0.1, 0.15) is 0 Å². The van der Waals surface area contributed by atoms with Crippen LogP contribution in [-0.2, 0) is 0 Å². The van der Waals surface area contributed by atoms with Crippen LogP contribution in [0.3, 0.4) is 0 Å². The smallest absolute Gasteiger partial charge is 0.448 e. The maximum atomic E-state index is 12.2. The summed E-state index contributed by atoms with van der Waals surface area (Å²) in [7, 11) is 0. The molecule has 0 aromatic heterocycles. The fourth-order valence-corrected chi connectivity index (χ4v) is 2.87. The molecule has 0 N–H and O–H groups in total. The summed E-state index contributed by atoms with van der Waals surface area (Å²) in [5.74, 6) is 0. The Bertz CT molecular complexity index is 221. The molecule has 0 atom stereocenters. The molecule has 0 unspecified atom stereocenters. The minimum atomic E-state index is -4.65. The van der Waals surface area contributed by atoms with E-state index in [2.05, 4.69) is 4.90 Å². The van der Waals surface area contributed by atoms with Gasteiger partial charge in [-0.1, -0.05) is 12.8 Å². The molecule has 0 aromatic rings. The van der Waals surface area contributed by atoms with Crippen molar-refractivity contribution in [2.24, 2.45) is 0 Å². The third-order valence-electron chi connectivity index (χ3n) is 3.71. The van der Waals surface area contributed by atoms with Crippen LogP contribution in [0.2, 0.25) is 0 Å². The predicted octanol–water partition coefficient (Wildman–Crippen LogP) is 1.93. The summed E-state index contributed by atoms with van der Waals surface area (Å²) >= 11 is 0. The van der Waals surface area contributed by atoms with Crippen LogP contribution in [0.4, 0.5) is 12.9 Å². The molecule has 1 saturated carbocycles. The second-order valence-electron chi connectivity index (χ2n) is 4.99. The van der Waals surface area contributed by atoms with Crippen LogP contribution in [-0.4, -0.2) is 55.4 Å². The first-order valence-electron chi connectivity index (χ1n) is 6.22. The second kappa shape index (κ2) is 4.96. The summed E-state index contributed by atoms with van der Waals surface area (Å²) in [5.41, 5.74) is 0. The Labute approximate surface area is 94.8 Å². The highest BCUT2D eigenvalue weighted by atomic mass is 19.4. The number of halogens is 3. The first kappa shape index (κ1) is 12.2. The van der Waals surface area contributed by atoms with E-state index in [4.69, 9.17) is 0 Å². The van der Waals surface area contributed by atoms with Crippen molar-refractivity contribution >= 4 is 6.98 Å². The lowest BCUT2D eigenvalue weighted by Crippen LogP contribution is -2.52. The first-order valence-corrected chi connectivity index (χ1v) is 6.22. The molecular formula is C10H19BF3N2-. The van der Waals surface area contributed by atoms with Crippen LogP contribution in [0, 0.1) is 0 Å². The van der Waals surface area contributed by atoms with Crippen molar-refractivity contribution in [2.45, 2.75) is 31.7 Å². The Morgan fingerprint density at radius 2 is 1.50 bits per heavy atom. The quantitative estimate of drug-likeness (QED) is 0.689. The summed E-state index contributed by atoms with van der Waals surface area (Å²) in [6.07, 6.45) is 4.37. The Hall–Kier alpha value is -0.225. The van der Waals surface area contributed by atoms with Crippen LogP contribution in [0.15, 0.2) is 0 Å². The van der Waals surface area contributed by atoms with Crippen LogP contribution in [0.25, 0.3) is 0 Å². The molecule has 1 heterocycles. The van der Waals surface area contributed by atoms with Gasteiger partial charge in [0.05, 0.1) is 0 Å². The lowest BCUT2D eigenvalue weighted by Gasteiger charge is -2.39. The number of piperazine rings is 1. The summed E-state index contributed by atoms with van der Waals surface area (Å²) < 4.78 is 36.7. The third-order valence-corrected chi connectivity index (χ3v) is 3.71. The van der Waals surface area contributed by atoms with Crippen molar-refractivity contribution in [3.05, 3.63) is 0 Å². The van der Waals surface area contributed by atoms with Gasteiger partial charge in [0.25, 0.3) is 0 Å². The van der Waals surface area contributed by atoms with Crippen molar-refractivity contribution in [1.82, 2.24) is 9.80 Å². The zero-order valence-electron chi connectivity index (χ0n) is 9.55. The van der Waals surface area contributed by atoms with Crippen molar-refractivity contribution in [1.29, 1.82) is 0 Å². The molecule has 2 fully saturated rings. The van der Waals surface area contributed by atoms with E-state index in [0.29, 0.717) is 19.1 Å². The first-order chi connectivity index (χ1) is 7.54. The number of hydrogen-bond donors (Lipinski definition) is 0. The van der Waals surface area contributed by atoms with E-state index >= 15 is 0 Å². The fraction of sp³-hybridized carbons (Fsp3) is 1.00. The Morgan fingerprint density at radius 1 is 0.938 bits per heavy atom. The maximum Gasteiger partial charge on any atom is 0.492 e. The van der Waals surface area contributed by atoms with E-state index in [1.807, 2.05) is 0 Å². The van der Waals surface area contributed by atoms with Gasteiger partial charge in [-0.25, -0.2) is 0 Å². The molecule has 1 aliphatic carbocycles. The van der Waals surface area contributed by atoms with Gasteiger partial charge in [-0.2, -0.15) is 0 Å². The molecular weight excluding hydrogens is 216 g/mol. The average molecular weight is 235 g/mol. The van der Waals surface area contributed by atoms with Crippen LogP contribution in [0.1, 0.15) is 25.7 Å². The van der Waals surface area contributed by atoms with E-state index in [-0.39, 0.29) is 0 Å². The summed E-state index contributed by atoms with van der Waals surface area (Å²) in [4.78, 5) is 3.93. The minimum absolute atomic E-state index is 0.581. The zero-order chi connectivity index (χ0) is 11.6. The van der Waals surface area contributed by atoms with E-state index in [9.17, 15) is 12.9 Å². The van der Waals surface area contributed by atoms with Gasteiger partial charge < -0.3 is 17.8 Å². The largest absolute Gasteiger partial charge is 0.492 e. The van der Waals surface area contributed by atoms with Gasteiger partial charge in [-0.15, -0.1) is 0 Å². The Morgan fingerprint density at radius 3 is 2.00 bits per heavy atom. The predicted molar refractivity (Wildman–Crippen MR) is 59.3 cm³/mol. The number of rotatable bonds is 3. The van der Waals surface area contributed by atoms with E-state index < -0.39 is 13.4 Å². The molecule has 0 aromatic carbocycles. The molecule has 0 spiro atoms. The zero-order valence-corrected chi connectivity index (χ0v) is 9.55. The Balaban J connectivity index is 1.74. The molecule has 2 nitrogen and oxygen atoms in total. The van der Waals surface area contributed by atoms with Crippen molar-refractivity contribution in [3.63, 3.8) is 0 Å². The topological polar surface area (TPSA) is 6.48 Å². The number of hydrogen-bond acceptors (Lipinski definition) is 2. The highest BCUT2D eigenvalue weighted by Gasteiger charge is 2.30. The summed E-state index contributed by atoms with van der Waals surface area (Å²) in [6, 6.07) is 0.651. The monoisotopic (exact) mass is 235 g/mol. The molecule has 6 heteroatoms.